The van der Waals surface area contributed by atoms with Crippen molar-refractivity contribution in [1.29, 1.82) is 0 Å². The number of carbonyl (C=O) groups is 2. The zero-order valence-corrected chi connectivity index (χ0v) is 16.9. The number of nitrogens with one attached hydrogen (secondary N) is 1. The van der Waals surface area contributed by atoms with Crippen molar-refractivity contribution in [2.75, 3.05) is 19.6 Å². The van der Waals surface area contributed by atoms with Crippen molar-refractivity contribution in [2.45, 2.75) is 25.7 Å². The molecule has 1 aromatic heterocycles. The molecule has 2 heterocycles. The number of hydrogen-bond donors (Lipinski definition) is 1. The number of amides is 2. The molecule has 1 atom stereocenters. The number of aromatic nitrogens is 1. The van der Waals surface area contributed by atoms with Crippen LogP contribution in [0.25, 0.3) is 6.08 Å². The third kappa shape index (κ3) is 4.58. The molecule has 1 aliphatic carbocycles. The Morgan fingerprint density at radius 3 is 2.67 bits per heavy atom. The molecule has 30 heavy (non-hydrogen) atoms. The van der Waals surface area contributed by atoms with E-state index in [2.05, 4.69) is 10.3 Å². The number of hydrogen-bond acceptors (Lipinski definition) is 3. The average molecular weight is 407 g/mol. The van der Waals surface area contributed by atoms with E-state index in [0.29, 0.717) is 25.2 Å². The molecule has 1 N–H and O–H groups in total. The molecule has 0 bridgehead atoms. The number of rotatable bonds is 6. The van der Waals surface area contributed by atoms with Gasteiger partial charge in [0.25, 0.3) is 0 Å². The summed E-state index contributed by atoms with van der Waals surface area (Å²) < 4.78 is 13.7. The summed E-state index contributed by atoms with van der Waals surface area (Å²) in [6, 6.07) is 12.2. The normalized spacial score (nSPS) is 19.8. The van der Waals surface area contributed by atoms with Crippen LogP contribution in [0.1, 0.15) is 30.5 Å². The van der Waals surface area contributed by atoms with Gasteiger partial charge in [0.15, 0.2) is 0 Å². The van der Waals surface area contributed by atoms with Gasteiger partial charge in [-0.3, -0.25) is 14.6 Å². The zero-order valence-electron chi connectivity index (χ0n) is 16.9. The highest BCUT2D eigenvalue weighted by Crippen LogP contribution is 2.59. The predicted octanol–water partition coefficient (Wildman–Crippen LogP) is 3.22. The quantitative estimate of drug-likeness (QED) is 0.748. The van der Waals surface area contributed by atoms with Gasteiger partial charge in [-0.2, -0.15) is 0 Å². The van der Waals surface area contributed by atoms with Crippen molar-refractivity contribution < 1.29 is 14.0 Å². The Bertz CT molecular complexity index is 936. The molecule has 0 unspecified atom stereocenters. The number of likely N-dealkylation sites (tertiary alicyclic amines) is 1. The summed E-state index contributed by atoms with van der Waals surface area (Å²) in [6.07, 6.45) is 8.02. The summed E-state index contributed by atoms with van der Waals surface area (Å²) in [4.78, 5) is 31.0. The second-order valence-electron chi connectivity index (χ2n) is 8.16. The van der Waals surface area contributed by atoms with Gasteiger partial charge in [0, 0.05) is 55.5 Å². The molecule has 0 radical (unpaired) electrons. The van der Waals surface area contributed by atoms with Crippen LogP contribution in [0.4, 0.5) is 4.39 Å². The number of piperidine rings is 1. The van der Waals surface area contributed by atoms with E-state index < -0.39 is 0 Å². The monoisotopic (exact) mass is 407 g/mol. The van der Waals surface area contributed by atoms with Crippen LogP contribution in [0.2, 0.25) is 0 Å². The van der Waals surface area contributed by atoms with Gasteiger partial charge in [0.05, 0.1) is 0 Å². The molecule has 1 aliphatic heterocycles. The summed E-state index contributed by atoms with van der Waals surface area (Å²) in [5.41, 5.74) is 1.42. The molecule has 1 saturated heterocycles. The summed E-state index contributed by atoms with van der Waals surface area (Å²) in [5, 5.41) is 3.04. The lowest BCUT2D eigenvalue weighted by molar-refractivity contribution is -0.127. The third-order valence-electron chi connectivity index (χ3n) is 6.29. The standard InChI is InChI=1S/C24H26FN3O2/c25-21-7-2-1-5-18(21)8-9-22(29)28-15-11-24(12-16-28)17-20(24)23(30)27-14-10-19-6-3-4-13-26-19/h1-9,13,20H,10-12,14-17H2,(H,27,30)/b9-8+/t20-/m0/s1. The minimum Gasteiger partial charge on any atom is -0.355 e. The minimum atomic E-state index is -0.339. The second kappa shape index (κ2) is 8.78. The fourth-order valence-corrected chi connectivity index (χ4v) is 4.30. The van der Waals surface area contributed by atoms with Crippen LogP contribution in [0.5, 0.6) is 0 Å². The number of benzene rings is 1. The van der Waals surface area contributed by atoms with Crippen LogP contribution in [0.15, 0.2) is 54.7 Å². The molecule has 1 aromatic carbocycles. The number of halogens is 1. The van der Waals surface area contributed by atoms with Crippen molar-refractivity contribution in [3.63, 3.8) is 0 Å². The van der Waals surface area contributed by atoms with Crippen LogP contribution in [0, 0.1) is 17.2 Å². The molecule has 2 fully saturated rings. The lowest BCUT2D eigenvalue weighted by Gasteiger charge is -2.32. The van der Waals surface area contributed by atoms with Gasteiger partial charge in [0.1, 0.15) is 5.82 Å². The first-order valence-corrected chi connectivity index (χ1v) is 10.5. The molecule has 4 rings (SSSR count). The number of carbonyl (C=O) groups excluding carboxylic acids is 2. The first-order valence-electron chi connectivity index (χ1n) is 10.5. The minimum absolute atomic E-state index is 0.0428. The van der Waals surface area contributed by atoms with Crippen LogP contribution in [-0.2, 0) is 16.0 Å². The average Bonchev–Trinajstić information content (AvgIpc) is 3.47. The van der Waals surface area contributed by atoms with E-state index in [1.165, 1.54) is 18.2 Å². The SMILES string of the molecule is O=C(NCCc1ccccn1)[C@@H]1CC12CCN(C(=O)/C=C/c1ccccc1F)CC2. The van der Waals surface area contributed by atoms with Crippen molar-refractivity contribution in [2.24, 2.45) is 11.3 Å². The largest absolute Gasteiger partial charge is 0.355 e. The van der Waals surface area contributed by atoms with E-state index in [-0.39, 0.29) is 29.0 Å². The summed E-state index contributed by atoms with van der Waals surface area (Å²) >= 11 is 0. The molecule has 1 spiro atoms. The Morgan fingerprint density at radius 2 is 1.93 bits per heavy atom. The lowest BCUT2D eigenvalue weighted by atomic mass is 9.90. The van der Waals surface area contributed by atoms with E-state index in [4.69, 9.17) is 0 Å². The molecule has 5 nitrogen and oxygen atoms in total. The van der Waals surface area contributed by atoms with Gasteiger partial charge in [-0.05, 0) is 49.0 Å². The molecule has 2 amide bonds. The molecular weight excluding hydrogens is 381 g/mol. The topological polar surface area (TPSA) is 62.3 Å². The number of nitrogens with zero attached hydrogens (tertiary/aromatic N) is 2. The summed E-state index contributed by atoms with van der Waals surface area (Å²) in [6.45, 7) is 1.87. The molecule has 2 aliphatic rings. The van der Waals surface area contributed by atoms with Crippen LogP contribution >= 0.6 is 0 Å². The van der Waals surface area contributed by atoms with Crippen molar-refractivity contribution in [3.05, 3.63) is 71.8 Å². The maximum absolute atomic E-state index is 13.7. The fourth-order valence-electron chi connectivity index (χ4n) is 4.30. The Morgan fingerprint density at radius 1 is 1.17 bits per heavy atom. The maximum atomic E-state index is 13.7. The van der Waals surface area contributed by atoms with Crippen LogP contribution < -0.4 is 5.32 Å². The van der Waals surface area contributed by atoms with E-state index >= 15 is 0 Å². The first-order chi connectivity index (χ1) is 14.6. The van der Waals surface area contributed by atoms with Crippen molar-refractivity contribution >= 4 is 17.9 Å². The van der Waals surface area contributed by atoms with Gasteiger partial charge < -0.3 is 10.2 Å². The zero-order chi connectivity index (χ0) is 21.0. The summed E-state index contributed by atoms with van der Waals surface area (Å²) in [5.74, 6) is -0.281. The Hall–Kier alpha value is -3.02. The van der Waals surface area contributed by atoms with Crippen LogP contribution in [0.3, 0.4) is 0 Å². The van der Waals surface area contributed by atoms with E-state index in [1.807, 2.05) is 18.2 Å². The van der Waals surface area contributed by atoms with Gasteiger partial charge >= 0.3 is 0 Å². The maximum Gasteiger partial charge on any atom is 0.246 e. The highest BCUT2D eigenvalue weighted by molar-refractivity contribution is 5.92. The van der Waals surface area contributed by atoms with Gasteiger partial charge in [-0.25, -0.2) is 4.39 Å². The van der Waals surface area contributed by atoms with Gasteiger partial charge in [-0.1, -0.05) is 24.3 Å². The molecule has 156 valence electrons. The highest BCUT2D eigenvalue weighted by Gasteiger charge is 2.58. The smallest absolute Gasteiger partial charge is 0.246 e. The van der Waals surface area contributed by atoms with E-state index in [9.17, 15) is 14.0 Å². The molecule has 2 aromatic rings. The molecule has 6 heteroatoms. The highest BCUT2D eigenvalue weighted by atomic mass is 19.1. The molecular formula is C24H26FN3O2. The van der Waals surface area contributed by atoms with Crippen molar-refractivity contribution in [1.82, 2.24) is 15.2 Å². The van der Waals surface area contributed by atoms with Gasteiger partial charge in [-0.15, -0.1) is 0 Å². The Kier molecular flexibility index (Phi) is 5.93. The predicted molar refractivity (Wildman–Crippen MR) is 113 cm³/mol. The second-order valence-corrected chi connectivity index (χ2v) is 8.16. The Labute approximate surface area is 176 Å². The fraction of sp³-hybridized carbons (Fsp3) is 0.375. The van der Waals surface area contributed by atoms with Crippen LogP contribution in [-0.4, -0.2) is 41.3 Å². The molecule has 1 saturated carbocycles. The van der Waals surface area contributed by atoms with E-state index in [0.717, 1.165) is 31.4 Å². The Balaban J connectivity index is 1.22. The third-order valence-corrected chi connectivity index (χ3v) is 6.29. The van der Waals surface area contributed by atoms with Gasteiger partial charge in [0.2, 0.25) is 11.8 Å². The van der Waals surface area contributed by atoms with Crippen molar-refractivity contribution in [3.8, 4) is 0 Å². The summed E-state index contributed by atoms with van der Waals surface area (Å²) in [7, 11) is 0. The first kappa shape index (κ1) is 20.3. The van der Waals surface area contributed by atoms with E-state index in [1.54, 1.807) is 29.3 Å². The lowest BCUT2D eigenvalue weighted by Crippen LogP contribution is -2.40. The number of pyridine rings is 1.